The molecule has 1 rings (SSSR count). The molecule has 86 valence electrons. The number of hydrogen-bond donors (Lipinski definition) is 1. The summed E-state index contributed by atoms with van der Waals surface area (Å²) >= 11 is 0. The molecule has 0 amide bonds. The van der Waals surface area contributed by atoms with Gasteiger partial charge in [0.05, 0.1) is 6.61 Å². The molecule has 0 heterocycles. The Kier molecular flexibility index (Phi) is 4.05. The fourth-order valence-electron chi connectivity index (χ4n) is 1.28. The standard InChI is InChI=1S/C12H14O4/c1-3-16-12(15)8(2)11(14)9-5-4-6-10(13)7-9/h4-8,13H,3H2,1-2H3. The minimum Gasteiger partial charge on any atom is -0.508 e. The van der Waals surface area contributed by atoms with Crippen molar-refractivity contribution in [3.05, 3.63) is 29.8 Å². The summed E-state index contributed by atoms with van der Waals surface area (Å²) in [6.45, 7) is 3.42. The number of ketones is 1. The number of ether oxygens (including phenoxy) is 1. The van der Waals surface area contributed by atoms with Gasteiger partial charge < -0.3 is 9.84 Å². The van der Waals surface area contributed by atoms with Gasteiger partial charge in [0.15, 0.2) is 5.78 Å². The monoisotopic (exact) mass is 222 g/mol. The van der Waals surface area contributed by atoms with Crippen molar-refractivity contribution in [3.8, 4) is 5.75 Å². The van der Waals surface area contributed by atoms with Gasteiger partial charge in [-0.2, -0.15) is 0 Å². The Morgan fingerprint density at radius 2 is 2.12 bits per heavy atom. The predicted molar refractivity (Wildman–Crippen MR) is 58.2 cm³/mol. The van der Waals surface area contributed by atoms with Crippen LogP contribution >= 0.6 is 0 Å². The highest BCUT2D eigenvalue weighted by atomic mass is 16.5. The van der Waals surface area contributed by atoms with Gasteiger partial charge in [0.2, 0.25) is 0 Å². The summed E-state index contributed by atoms with van der Waals surface area (Å²) in [5, 5.41) is 9.22. The quantitative estimate of drug-likeness (QED) is 0.479. The molecule has 16 heavy (non-hydrogen) atoms. The van der Waals surface area contributed by atoms with Gasteiger partial charge in [0.1, 0.15) is 11.7 Å². The topological polar surface area (TPSA) is 63.6 Å². The number of phenolic OH excluding ortho intramolecular Hbond substituents is 1. The van der Waals surface area contributed by atoms with E-state index in [1.54, 1.807) is 19.1 Å². The molecule has 0 saturated heterocycles. The predicted octanol–water partition coefficient (Wildman–Crippen LogP) is 1.77. The van der Waals surface area contributed by atoms with E-state index < -0.39 is 11.9 Å². The van der Waals surface area contributed by atoms with E-state index >= 15 is 0 Å². The lowest BCUT2D eigenvalue weighted by Crippen LogP contribution is -2.23. The van der Waals surface area contributed by atoms with Crippen LogP contribution in [0.15, 0.2) is 24.3 Å². The first-order chi connectivity index (χ1) is 7.56. The van der Waals surface area contributed by atoms with Crippen LogP contribution in [0.1, 0.15) is 24.2 Å². The molecule has 0 spiro atoms. The third-order valence-electron chi connectivity index (χ3n) is 2.16. The Labute approximate surface area is 93.9 Å². The second-order valence-electron chi connectivity index (χ2n) is 3.39. The molecule has 0 aliphatic heterocycles. The zero-order valence-electron chi connectivity index (χ0n) is 9.27. The molecule has 0 fully saturated rings. The van der Waals surface area contributed by atoms with E-state index in [1.165, 1.54) is 19.1 Å². The molecule has 1 aromatic rings. The number of aromatic hydroxyl groups is 1. The molecule has 0 bridgehead atoms. The number of Topliss-reactive ketones (excluding diaryl/α,β-unsaturated/α-hetero) is 1. The molecule has 1 aromatic carbocycles. The minimum absolute atomic E-state index is 0.00177. The fraction of sp³-hybridized carbons (Fsp3) is 0.333. The average molecular weight is 222 g/mol. The van der Waals surface area contributed by atoms with Crippen molar-refractivity contribution in [3.63, 3.8) is 0 Å². The van der Waals surface area contributed by atoms with Crippen LogP contribution in [0, 0.1) is 5.92 Å². The summed E-state index contributed by atoms with van der Waals surface area (Å²) in [5.74, 6) is -1.74. The lowest BCUT2D eigenvalue weighted by Gasteiger charge is -2.09. The number of hydrogen-bond acceptors (Lipinski definition) is 4. The summed E-state index contributed by atoms with van der Waals surface area (Å²) in [5.41, 5.74) is 0.306. The number of rotatable bonds is 4. The van der Waals surface area contributed by atoms with Crippen LogP contribution in [0.5, 0.6) is 5.75 Å². The van der Waals surface area contributed by atoms with E-state index in [2.05, 4.69) is 0 Å². The molecular formula is C12H14O4. The highest BCUT2D eigenvalue weighted by molar-refractivity contribution is 6.08. The SMILES string of the molecule is CCOC(=O)C(C)C(=O)c1cccc(O)c1. The van der Waals surface area contributed by atoms with E-state index in [-0.39, 0.29) is 18.1 Å². The van der Waals surface area contributed by atoms with Crippen molar-refractivity contribution < 1.29 is 19.4 Å². The highest BCUT2D eigenvalue weighted by Crippen LogP contribution is 2.15. The number of carbonyl (C=O) groups is 2. The molecule has 0 aliphatic carbocycles. The van der Waals surface area contributed by atoms with Crippen LogP contribution < -0.4 is 0 Å². The maximum absolute atomic E-state index is 11.8. The maximum Gasteiger partial charge on any atom is 0.316 e. The molecule has 1 N–H and O–H groups in total. The third-order valence-corrected chi connectivity index (χ3v) is 2.16. The van der Waals surface area contributed by atoms with Crippen molar-refractivity contribution in [1.82, 2.24) is 0 Å². The Balaban J connectivity index is 2.82. The maximum atomic E-state index is 11.8. The van der Waals surface area contributed by atoms with Crippen LogP contribution in [0.4, 0.5) is 0 Å². The third kappa shape index (κ3) is 2.82. The Morgan fingerprint density at radius 3 is 2.69 bits per heavy atom. The molecule has 1 unspecified atom stereocenters. The minimum atomic E-state index is -0.846. The first-order valence-corrected chi connectivity index (χ1v) is 5.06. The van der Waals surface area contributed by atoms with E-state index in [4.69, 9.17) is 4.74 Å². The van der Waals surface area contributed by atoms with Crippen LogP contribution in [0.2, 0.25) is 0 Å². The molecule has 0 aliphatic rings. The van der Waals surface area contributed by atoms with Gasteiger partial charge in [-0.3, -0.25) is 9.59 Å². The molecule has 4 heteroatoms. The largest absolute Gasteiger partial charge is 0.508 e. The van der Waals surface area contributed by atoms with Gasteiger partial charge >= 0.3 is 5.97 Å². The first kappa shape index (κ1) is 12.2. The van der Waals surface area contributed by atoms with Gasteiger partial charge in [-0.05, 0) is 26.0 Å². The van der Waals surface area contributed by atoms with Gasteiger partial charge in [-0.15, -0.1) is 0 Å². The zero-order valence-corrected chi connectivity index (χ0v) is 9.27. The highest BCUT2D eigenvalue weighted by Gasteiger charge is 2.23. The summed E-state index contributed by atoms with van der Waals surface area (Å²) in [7, 11) is 0. The summed E-state index contributed by atoms with van der Waals surface area (Å²) in [6.07, 6.45) is 0. The lowest BCUT2D eigenvalue weighted by molar-refractivity contribution is -0.145. The van der Waals surface area contributed by atoms with Gasteiger partial charge in [0, 0.05) is 5.56 Å². The van der Waals surface area contributed by atoms with Crippen molar-refractivity contribution in [2.45, 2.75) is 13.8 Å². The molecule has 0 saturated carbocycles. The van der Waals surface area contributed by atoms with Gasteiger partial charge in [0.25, 0.3) is 0 Å². The second-order valence-corrected chi connectivity index (χ2v) is 3.39. The van der Waals surface area contributed by atoms with E-state index in [1.807, 2.05) is 0 Å². The van der Waals surface area contributed by atoms with Crippen molar-refractivity contribution in [2.24, 2.45) is 5.92 Å². The zero-order chi connectivity index (χ0) is 12.1. The normalized spacial score (nSPS) is 11.9. The second kappa shape index (κ2) is 5.30. The number of benzene rings is 1. The summed E-state index contributed by atoms with van der Waals surface area (Å²) in [4.78, 5) is 23.1. The summed E-state index contributed by atoms with van der Waals surface area (Å²) < 4.78 is 4.75. The lowest BCUT2D eigenvalue weighted by atomic mass is 9.99. The van der Waals surface area contributed by atoms with E-state index in [0.29, 0.717) is 5.56 Å². The Morgan fingerprint density at radius 1 is 1.44 bits per heavy atom. The van der Waals surface area contributed by atoms with Crippen LogP contribution in [-0.4, -0.2) is 23.5 Å². The fourth-order valence-corrected chi connectivity index (χ4v) is 1.28. The van der Waals surface area contributed by atoms with Crippen molar-refractivity contribution in [1.29, 1.82) is 0 Å². The molecule has 1 atom stereocenters. The van der Waals surface area contributed by atoms with Crippen LogP contribution in [0.25, 0.3) is 0 Å². The molecule has 4 nitrogen and oxygen atoms in total. The number of esters is 1. The molecule has 0 aromatic heterocycles. The van der Waals surface area contributed by atoms with Crippen LogP contribution in [0.3, 0.4) is 0 Å². The van der Waals surface area contributed by atoms with Crippen molar-refractivity contribution in [2.75, 3.05) is 6.61 Å². The van der Waals surface area contributed by atoms with Crippen molar-refractivity contribution >= 4 is 11.8 Å². The van der Waals surface area contributed by atoms with E-state index in [0.717, 1.165) is 0 Å². The first-order valence-electron chi connectivity index (χ1n) is 5.06. The van der Waals surface area contributed by atoms with Gasteiger partial charge in [-0.1, -0.05) is 12.1 Å². The van der Waals surface area contributed by atoms with Gasteiger partial charge in [-0.25, -0.2) is 0 Å². The Bertz CT molecular complexity index is 398. The van der Waals surface area contributed by atoms with Crippen LogP contribution in [-0.2, 0) is 9.53 Å². The number of carbonyl (C=O) groups excluding carboxylic acids is 2. The molecule has 0 radical (unpaired) electrons. The summed E-state index contributed by atoms with van der Waals surface area (Å²) in [6, 6.07) is 5.90. The smallest absolute Gasteiger partial charge is 0.316 e. The number of phenols is 1. The Hall–Kier alpha value is -1.84. The molecular weight excluding hydrogens is 208 g/mol. The average Bonchev–Trinajstić information content (AvgIpc) is 2.27. The van der Waals surface area contributed by atoms with E-state index in [9.17, 15) is 14.7 Å².